The lowest BCUT2D eigenvalue weighted by molar-refractivity contribution is 0.142. The number of piperazine rings is 1. The number of benzene rings is 1. The van der Waals surface area contributed by atoms with Crippen molar-refractivity contribution in [1.29, 1.82) is 0 Å². The molecule has 4 aromatic rings. The Kier molecular flexibility index (Phi) is 5.64. The van der Waals surface area contributed by atoms with Gasteiger partial charge in [-0.15, -0.1) is 4.98 Å². The number of nitrogens with zero attached hydrogens (tertiary/aromatic N) is 6. The van der Waals surface area contributed by atoms with Gasteiger partial charge in [0.05, 0.1) is 17.7 Å². The molecular formula is C26H26N6O2. The van der Waals surface area contributed by atoms with E-state index < -0.39 is 0 Å². The predicted octanol–water partition coefficient (Wildman–Crippen LogP) is 4.24. The summed E-state index contributed by atoms with van der Waals surface area (Å²) in [5.41, 5.74) is 3.99. The quantitative estimate of drug-likeness (QED) is 0.430. The van der Waals surface area contributed by atoms with Gasteiger partial charge in [0.2, 0.25) is 5.52 Å². The average Bonchev–Trinajstić information content (AvgIpc) is 3.32. The third-order valence-corrected chi connectivity index (χ3v) is 6.58. The molecule has 34 heavy (non-hydrogen) atoms. The minimum Gasteiger partial charge on any atom is -0.362 e. The number of fused-ring (bicyclic) bond motifs is 1. The van der Waals surface area contributed by atoms with Gasteiger partial charge in [-0.05, 0) is 26.0 Å². The topological polar surface area (TPSA) is 71.8 Å². The molecule has 0 amide bonds. The van der Waals surface area contributed by atoms with Crippen LogP contribution in [0.15, 0.2) is 63.9 Å². The van der Waals surface area contributed by atoms with Crippen LogP contribution in [0.2, 0.25) is 0 Å². The second-order valence-electron chi connectivity index (χ2n) is 8.90. The lowest BCUT2D eigenvalue weighted by atomic mass is 10.1. The van der Waals surface area contributed by atoms with E-state index in [9.17, 15) is 4.79 Å². The number of rotatable bonds is 4. The van der Waals surface area contributed by atoms with E-state index in [4.69, 9.17) is 11.1 Å². The summed E-state index contributed by atoms with van der Waals surface area (Å²) in [5, 5.41) is 4.25. The molecule has 3 aromatic heterocycles. The smallest absolute Gasteiger partial charge is 0.270 e. The van der Waals surface area contributed by atoms with Gasteiger partial charge in [0.15, 0.2) is 5.76 Å². The third-order valence-electron chi connectivity index (χ3n) is 6.58. The van der Waals surface area contributed by atoms with Gasteiger partial charge < -0.3 is 18.8 Å². The molecular weight excluding hydrogens is 428 g/mol. The van der Waals surface area contributed by atoms with Crippen LogP contribution in [0.3, 0.4) is 0 Å². The summed E-state index contributed by atoms with van der Waals surface area (Å²) >= 11 is 0. The Hall–Kier alpha value is -3.96. The fourth-order valence-corrected chi connectivity index (χ4v) is 4.67. The molecule has 5 rings (SSSR count). The number of hydrogen-bond acceptors (Lipinski definition) is 6. The maximum Gasteiger partial charge on any atom is 0.270 e. The molecule has 0 saturated carbocycles. The minimum atomic E-state index is -0.0859. The number of aryl methyl sites for hydroxylation is 1. The first-order valence-corrected chi connectivity index (χ1v) is 11.3. The van der Waals surface area contributed by atoms with E-state index >= 15 is 0 Å². The molecule has 8 nitrogen and oxygen atoms in total. The summed E-state index contributed by atoms with van der Waals surface area (Å²) in [5.74, 6) is 1.15. The Morgan fingerprint density at radius 2 is 1.88 bits per heavy atom. The van der Waals surface area contributed by atoms with E-state index in [2.05, 4.69) is 38.6 Å². The van der Waals surface area contributed by atoms with E-state index in [0.717, 1.165) is 41.3 Å². The molecule has 8 heteroatoms. The Labute approximate surface area is 197 Å². The largest absolute Gasteiger partial charge is 0.362 e. The average molecular weight is 455 g/mol. The van der Waals surface area contributed by atoms with Crippen molar-refractivity contribution in [3.05, 3.63) is 82.1 Å². The maximum absolute atomic E-state index is 12.7. The van der Waals surface area contributed by atoms with Crippen molar-refractivity contribution in [2.45, 2.75) is 32.5 Å². The van der Waals surface area contributed by atoms with E-state index in [1.807, 2.05) is 36.4 Å². The highest BCUT2D eigenvalue weighted by Crippen LogP contribution is 2.30. The van der Waals surface area contributed by atoms with Crippen LogP contribution in [0.4, 0.5) is 11.5 Å². The molecule has 1 aliphatic heterocycles. The molecule has 4 heterocycles. The van der Waals surface area contributed by atoms with Gasteiger partial charge in [-0.25, -0.2) is 0 Å². The SMILES string of the molecule is [C-]#[N+]c1ccc2c(n1)c(N1C[C@@H](C)N(Cc3cc(-c4ccccc4)no3)C[C@@H]1C)cc(=O)n2C. The first-order chi connectivity index (χ1) is 16.4. The van der Waals surface area contributed by atoms with Crippen LogP contribution < -0.4 is 10.5 Å². The van der Waals surface area contributed by atoms with Crippen LogP contribution in [0.5, 0.6) is 0 Å². The van der Waals surface area contributed by atoms with Gasteiger partial charge in [-0.1, -0.05) is 42.1 Å². The molecule has 172 valence electrons. The van der Waals surface area contributed by atoms with Crippen molar-refractivity contribution in [3.8, 4) is 11.3 Å². The predicted molar refractivity (Wildman–Crippen MR) is 132 cm³/mol. The van der Waals surface area contributed by atoms with Crippen LogP contribution in [0.1, 0.15) is 19.6 Å². The Balaban J connectivity index is 1.40. The Bertz CT molecular complexity index is 1440. The first-order valence-electron chi connectivity index (χ1n) is 11.3. The van der Waals surface area contributed by atoms with Crippen molar-refractivity contribution in [3.63, 3.8) is 0 Å². The van der Waals surface area contributed by atoms with Gasteiger partial charge in [-0.3, -0.25) is 9.69 Å². The standard InChI is InChI=1S/C26H26N6O2/c1-17-15-32(23-13-25(33)30(4)22-10-11-24(27-3)28-26(22)23)18(2)14-31(17)16-20-12-21(29-34-20)19-8-6-5-7-9-19/h5-13,17-18H,14-16H2,1-2,4H3/t17-,18+/m1/s1. The molecule has 0 aliphatic carbocycles. The van der Waals surface area contributed by atoms with Gasteiger partial charge in [0.1, 0.15) is 5.69 Å². The second-order valence-corrected chi connectivity index (χ2v) is 8.90. The van der Waals surface area contributed by atoms with Gasteiger partial charge in [0.25, 0.3) is 11.4 Å². The molecule has 0 N–H and O–H groups in total. The van der Waals surface area contributed by atoms with Crippen LogP contribution in [0, 0.1) is 6.57 Å². The summed E-state index contributed by atoms with van der Waals surface area (Å²) in [6.45, 7) is 13.9. The molecule has 0 bridgehead atoms. The van der Waals surface area contributed by atoms with E-state index in [1.54, 1.807) is 29.8 Å². The van der Waals surface area contributed by atoms with E-state index in [1.165, 1.54) is 0 Å². The molecule has 0 spiro atoms. The van der Waals surface area contributed by atoms with Gasteiger partial charge >= 0.3 is 0 Å². The number of anilines is 1. The zero-order valence-corrected chi connectivity index (χ0v) is 19.5. The van der Waals surface area contributed by atoms with Crippen molar-refractivity contribution in [2.24, 2.45) is 7.05 Å². The fourth-order valence-electron chi connectivity index (χ4n) is 4.67. The molecule has 2 atom stereocenters. The second kappa shape index (κ2) is 8.76. The lowest BCUT2D eigenvalue weighted by Crippen LogP contribution is -2.56. The zero-order chi connectivity index (χ0) is 23.8. The number of pyridine rings is 2. The zero-order valence-electron chi connectivity index (χ0n) is 19.5. The number of hydrogen-bond donors (Lipinski definition) is 0. The van der Waals surface area contributed by atoms with Gasteiger partial charge in [0, 0.05) is 49.9 Å². The highest BCUT2D eigenvalue weighted by molar-refractivity contribution is 5.89. The van der Waals surface area contributed by atoms with Crippen LogP contribution in [-0.4, -0.2) is 44.8 Å². The minimum absolute atomic E-state index is 0.0859. The normalized spacial score (nSPS) is 18.8. The number of aromatic nitrogens is 3. The van der Waals surface area contributed by atoms with Crippen molar-refractivity contribution in [2.75, 3.05) is 18.0 Å². The maximum atomic E-state index is 12.7. The Morgan fingerprint density at radius 1 is 1.09 bits per heavy atom. The molecule has 1 aliphatic rings. The fraction of sp³-hybridized carbons (Fsp3) is 0.308. The van der Waals surface area contributed by atoms with Crippen LogP contribution >= 0.6 is 0 Å². The molecule has 1 saturated heterocycles. The monoisotopic (exact) mass is 454 g/mol. The summed E-state index contributed by atoms with van der Waals surface area (Å²) < 4.78 is 7.22. The van der Waals surface area contributed by atoms with E-state index in [0.29, 0.717) is 17.9 Å². The van der Waals surface area contributed by atoms with Crippen molar-refractivity contribution in [1.82, 2.24) is 19.6 Å². The summed E-state index contributed by atoms with van der Waals surface area (Å²) in [6.07, 6.45) is 0. The van der Waals surface area contributed by atoms with Crippen LogP contribution in [-0.2, 0) is 13.6 Å². The summed E-state index contributed by atoms with van der Waals surface area (Å²) in [6, 6.07) is 17.5. The molecule has 1 aromatic carbocycles. The first kappa shape index (κ1) is 21.9. The van der Waals surface area contributed by atoms with Gasteiger partial charge in [-0.2, -0.15) is 0 Å². The highest BCUT2D eigenvalue weighted by atomic mass is 16.5. The highest BCUT2D eigenvalue weighted by Gasteiger charge is 2.32. The third kappa shape index (κ3) is 3.95. The lowest BCUT2D eigenvalue weighted by Gasteiger charge is -2.44. The molecule has 1 fully saturated rings. The Morgan fingerprint density at radius 3 is 2.65 bits per heavy atom. The van der Waals surface area contributed by atoms with Crippen molar-refractivity contribution < 1.29 is 4.52 Å². The summed E-state index contributed by atoms with van der Waals surface area (Å²) in [7, 11) is 1.73. The van der Waals surface area contributed by atoms with Crippen LogP contribution in [0.25, 0.3) is 27.1 Å². The molecule has 0 radical (unpaired) electrons. The summed E-state index contributed by atoms with van der Waals surface area (Å²) in [4.78, 5) is 25.3. The van der Waals surface area contributed by atoms with Crippen molar-refractivity contribution >= 4 is 22.5 Å². The molecule has 0 unspecified atom stereocenters. The van der Waals surface area contributed by atoms with E-state index in [-0.39, 0.29) is 17.6 Å².